The van der Waals surface area contributed by atoms with E-state index >= 15 is 0 Å². The second kappa shape index (κ2) is 6.48. The van der Waals surface area contributed by atoms with Gasteiger partial charge >= 0.3 is 5.97 Å². The fourth-order valence-electron chi connectivity index (χ4n) is 3.15. The van der Waals surface area contributed by atoms with Crippen molar-refractivity contribution in [3.8, 4) is 5.75 Å². The summed E-state index contributed by atoms with van der Waals surface area (Å²) in [6.45, 7) is 6.61. The normalized spacial score (nSPS) is 18.4. The third-order valence-corrected chi connectivity index (χ3v) is 4.81. The number of methoxy groups -OCH3 is 1. The van der Waals surface area contributed by atoms with Gasteiger partial charge in [-0.1, -0.05) is 19.1 Å². The molecule has 0 atom stereocenters. The molecule has 0 saturated carbocycles. The Hall–Kier alpha value is -1.55. The predicted molar refractivity (Wildman–Crippen MR) is 82.6 cm³/mol. The molecule has 1 heterocycles. The number of hydrogen-bond donors (Lipinski definition) is 1. The molecule has 4 heteroatoms. The zero-order chi connectivity index (χ0) is 15.5. The highest BCUT2D eigenvalue weighted by Gasteiger charge is 2.39. The van der Waals surface area contributed by atoms with Crippen LogP contribution in [0, 0.1) is 12.3 Å². The number of carboxylic acid groups (broad SMARTS) is 1. The molecule has 1 fully saturated rings. The Morgan fingerprint density at radius 1 is 1.38 bits per heavy atom. The quantitative estimate of drug-likeness (QED) is 0.905. The molecule has 1 N–H and O–H groups in total. The molecule has 1 saturated heterocycles. The number of rotatable bonds is 5. The summed E-state index contributed by atoms with van der Waals surface area (Å²) in [6, 6.07) is 6.24. The molecule has 0 bridgehead atoms. The van der Waals surface area contributed by atoms with Crippen molar-refractivity contribution in [3.63, 3.8) is 0 Å². The van der Waals surface area contributed by atoms with Gasteiger partial charge < -0.3 is 9.84 Å². The molecule has 0 aliphatic carbocycles. The van der Waals surface area contributed by atoms with Crippen molar-refractivity contribution in [2.45, 2.75) is 39.7 Å². The summed E-state index contributed by atoms with van der Waals surface area (Å²) in [6.07, 6.45) is 2.21. The Bertz CT molecular complexity index is 505. The summed E-state index contributed by atoms with van der Waals surface area (Å²) < 4.78 is 5.28. The molecule has 2 rings (SSSR count). The topological polar surface area (TPSA) is 49.8 Å². The van der Waals surface area contributed by atoms with Gasteiger partial charge in [0.15, 0.2) is 0 Å². The van der Waals surface area contributed by atoms with E-state index in [1.165, 1.54) is 5.56 Å². The molecule has 116 valence electrons. The number of carboxylic acids is 1. The number of hydrogen-bond acceptors (Lipinski definition) is 3. The maximum Gasteiger partial charge on any atom is 0.309 e. The van der Waals surface area contributed by atoms with Crippen LogP contribution >= 0.6 is 0 Å². The number of ether oxygens (including phenoxy) is 1. The van der Waals surface area contributed by atoms with Crippen LogP contribution in [-0.2, 0) is 11.3 Å². The van der Waals surface area contributed by atoms with Crippen molar-refractivity contribution in [2.75, 3.05) is 20.2 Å². The number of aliphatic carboxylic acids is 1. The van der Waals surface area contributed by atoms with Crippen LogP contribution in [0.4, 0.5) is 0 Å². The Labute approximate surface area is 126 Å². The van der Waals surface area contributed by atoms with Crippen LogP contribution in [0.5, 0.6) is 5.75 Å². The minimum Gasteiger partial charge on any atom is -0.496 e. The van der Waals surface area contributed by atoms with E-state index in [9.17, 15) is 9.90 Å². The summed E-state index contributed by atoms with van der Waals surface area (Å²) in [5.41, 5.74) is 1.89. The van der Waals surface area contributed by atoms with E-state index < -0.39 is 11.4 Å². The lowest BCUT2D eigenvalue weighted by Gasteiger charge is -2.38. The minimum absolute atomic E-state index is 0.508. The summed E-state index contributed by atoms with van der Waals surface area (Å²) in [4.78, 5) is 13.8. The zero-order valence-electron chi connectivity index (χ0n) is 13.2. The Morgan fingerprint density at radius 3 is 2.52 bits per heavy atom. The lowest BCUT2D eigenvalue weighted by atomic mass is 9.76. The Balaban J connectivity index is 1.97. The van der Waals surface area contributed by atoms with Crippen LogP contribution in [0.15, 0.2) is 18.2 Å². The number of benzene rings is 1. The van der Waals surface area contributed by atoms with Crippen molar-refractivity contribution in [2.24, 2.45) is 5.41 Å². The van der Waals surface area contributed by atoms with Gasteiger partial charge in [0.25, 0.3) is 0 Å². The highest BCUT2D eigenvalue weighted by atomic mass is 16.5. The number of piperidine rings is 1. The second-order valence-electron chi connectivity index (χ2n) is 6.02. The summed E-state index contributed by atoms with van der Waals surface area (Å²) in [7, 11) is 1.68. The van der Waals surface area contributed by atoms with Gasteiger partial charge in [0.05, 0.1) is 12.5 Å². The number of likely N-dealkylation sites (tertiary alicyclic amines) is 1. The number of aryl methyl sites for hydroxylation is 1. The van der Waals surface area contributed by atoms with Gasteiger partial charge in [0.1, 0.15) is 5.75 Å². The number of carbonyl (C=O) groups is 1. The molecule has 1 aliphatic rings. The van der Waals surface area contributed by atoms with Gasteiger partial charge in [-0.25, -0.2) is 0 Å². The summed E-state index contributed by atoms with van der Waals surface area (Å²) >= 11 is 0. The van der Waals surface area contributed by atoms with Crippen LogP contribution in [0.25, 0.3) is 0 Å². The van der Waals surface area contributed by atoms with Crippen molar-refractivity contribution in [3.05, 3.63) is 29.3 Å². The Kier molecular flexibility index (Phi) is 4.88. The smallest absolute Gasteiger partial charge is 0.309 e. The van der Waals surface area contributed by atoms with Crippen molar-refractivity contribution in [1.29, 1.82) is 0 Å². The largest absolute Gasteiger partial charge is 0.496 e. The van der Waals surface area contributed by atoms with Gasteiger partial charge in [-0.2, -0.15) is 0 Å². The molecule has 21 heavy (non-hydrogen) atoms. The van der Waals surface area contributed by atoms with Gasteiger partial charge in [-0.05, 0) is 56.5 Å². The first-order valence-corrected chi connectivity index (χ1v) is 7.60. The maximum absolute atomic E-state index is 11.5. The van der Waals surface area contributed by atoms with Gasteiger partial charge in [0, 0.05) is 6.54 Å². The van der Waals surface area contributed by atoms with E-state index in [1.54, 1.807) is 7.11 Å². The average Bonchev–Trinajstić information content (AvgIpc) is 2.48. The van der Waals surface area contributed by atoms with Gasteiger partial charge in [-0.15, -0.1) is 0 Å². The summed E-state index contributed by atoms with van der Waals surface area (Å²) in [5.74, 6) is 0.276. The van der Waals surface area contributed by atoms with Crippen LogP contribution in [-0.4, -0.2) is 36.2 Å². The number of nitrogens with zero attached hydrogens (tertiary/aromatic N) is 1. The minimum atomic E-state index is -0.634. The Morgan fingerprint density at radius 2 is 2.05 bits per heavy atom. The monoisotopic (exact) mass is 291 g/mol. The fraction of sp³-hybridized carbons (Fsp3) is 0.588. The molecule has 0 spiro atoms. The van der Waals surface area contributed by atoms with Gasteiger partial charge in [-0.3, -0.25) is 9.69 Å². The van der Waals surface area contributed by atoms with E-state index in [4.69, 9.17) is 4.74 Å². The molecular formula is C17H25NO3. The fourth-order valence-corrected chi connectivity index (χ4v) is 3.15. The van der Waals surface area contributed by atoms with Crippen LogP contribution in [0.2, 0.25) is 0 Å². The SMILES string of the molecule is CCC1(C(=O)O)CCN(Cc2ccc(OC)c(C)c2)CC1. The van der Waals surface area contributed by atoms with Crippen molar-refractivity contribution < 1.29 is 14.6 Å². The standard InChI is InChI=1S/C17H25NO3/c1-4-17(16(19)20)7-9-18(10-8-17)12-14-5-6-15(21-3)13(2)11-14/h5-6,11H,4,7-10,12H2,1-3H3,(H,19,20). The van der Waals surface area contributed by atoms with Crippen molar-refractivity contribution in [1.82, 2.24) is 4.90 Å². The first-order chi connectivity index (χ1) is 10.0. The van der Waals surface area contributed by atoms with Crippen LogP contribution < -0.4 is 4.74 Å². The average molecular weight is 291 g/mol. The highest BCUT2D eigenvalue weighted by Crippen LogP contribution is 2.35. The highest BCUT2D eigenvalue weighted by molar-refractivity contribution is 5.74. The third-order valence-electron chi connectivity index (χ3n) is 4.81. The molecular weight excluding hydrogens is 266 g/mol. The third kappa shape index (κ3) is 3.38. The zero-order valence-corrected chi connectivity index (χ0v) is 13.2. The van der Waals surface area contributed by atoms with Gasteiger partial charge in [0.2, 0.25) is 0 Å². The first-order valence-electron chi connectivity index (χ1n) is 7.60. The first kappa shape index (κ1) is 15.8. The molecule has 0 aromatic heterocycles. The van der Waals surface area contributed by atoms with E-state index in [2.05, 4.69) is 17.0 Å². The second-order valence-corrected chi connectivity index (χ2v) is 6.02. The maximum atomic E-state index is 11.5. The van der Waals surface area contributed by atoms with Crippen LogP contribution in [0.3, 0.4) is 0 Å². The summed E-state index contributed by atoms with van der Waals surface area (Å²) in [5, 5.41) is 9.43. The molecule has 0 radical (unpaired) electrons. The lowest BCUT2D eigenvalue weighted by molar-refractivity contribution is -0.152. The predicted octanol–water partition coefficient (Wildman–Crippen LogP) is 3.08. The van der Waals surface area contributed by atoms with E-state index in [1.807, 2.05) is 19.9 Å². The van der Waals surface area contributed by atoms with E-state index in [0.29, 0.717) is 0 Å². The van der Waals surface area contributed by atoms with Crippen molar-refractivity contribution >= 4 is 5.97 Å². The molecule has 1 aromatic carbocycles. The lowest BCUT2D eigenvalue weighted by Crippen LogP contribution is -2.43. The molecule has 0 amide bonds. The van der Waals surface area contributed by atoms with Crippen LogP contribution in [0.1, 0.15) is 37.3 Å². The van der Waals surface area contributed by atoms with E-state index in [0.717, 1.165) is 50.2 Å². The molecule has 1 aliphatic heterocycles. The molecule has 0 unspecified atom stereocenters. The molecule has 4 nitrogen and oxygen atoms in total. The van der Waals surface area contributed by atoms with E-state index in [-0.39, 0.29) is 0 Å². The molecule has 1 aromatic rings.